The average Bonchev–Trinajstić information content (AvgIpc) is 2.50. The molecule has 2 aromatic carbocycles. The van der Waals surface area contributed by atoms with Crippen molar-refractivity contribution in [2.24, 2.45) is 0 Å². The zero-order valence-corrected chi connectivity index (χ0v) is 12.4. The highest BCUT2D eigenvalue weighted by Gasteiger charge is 2.07. The first-order valence-corrected chi connectivity index (χ1v) is 7.05. The van der Waals surface area contributed by atoms with Crippen molar-refractivity contribution in [3.05, 3.63) is 64.1 Å². The molecule has 3 rings (SSSR count). The van der Waals surface area contributed by atoms with Crippen molar-refractivity contribution in [1.29, 1.82) is 0 Å². The molecule has 1 heterocycles. The minimum atomic E-state index is -0.0826. The molecule has 106 valence electrons. The van der Waals surface area contributed by atoms with Gasteiger partial charge in [-0.3, -0.25) is 0 Å². The van der Waals surface area contributed by atoms with Gasteiger partial charge in [-0.2, -0.15) is 0 Å². The molecule has 0 amide bonds. The third-order valence-corrected chi connectivity index (χ3v) is 3.80. The van der Waals surface area contributed by atoms with Crippen molar-refractivity contribution in [3.63, 3.8) is 0 Å². The van der Waals surface area contributed by atoms with E-state index in [4.69, 9.17) is 27.9 Å². The molecule has 21 heavy (non-hydrogen) atoms. The Balaban J connectivity index is 2.02. The number of fused-ring (bicyclic) bond motifs is 1. The highest BCUT2D eigenvalue weighted by molar-refractivity contribution is 6.42. The van der Waals surface area contributed by atoms with Gasteiger partial charge in [0.2, 0.25) is 5.88 Å². The molecule has 1 N–H and O–H groups in total. The van der Waals surface area contributed by atoms with E-state index in [1.54, 1.807) is 24.3 Å². The molecule has 0 aliphatic rings. The average molecular weight is 320 g/mol. The van der Waals surface area contributed by atoms with Gasteiger partial charge in [0.25, 0.3) is 0 Å². The number of aliphatic hydroxyl groups excluding tert-OH is 1. The van der Waals surface area contributed by atoms with Crippen molar-refractivity contribution in [3.8, 4) is 11.6 Å². The van der Waals surface area contributed by atoms with E-state index >= 15 is 0 Å². The van der Waals surface area contributed by atoms with Gasteiger partial charge in [0.1, 0.15) is 5.75 Å². The number of aromatic nitrogens is 1. The van der Waals surface area contributed by atoms with Crippen LogP contribution in [0.5, 0.6) is 11.6 Å². The Morgan fingerprint density at radius 3 is 2.57 bits per heavy atom. The summed E-state index contributed by atoms with van der Waals surface area (Å²) in [6.45, 7) is -0.0826. The van der Waals surface area contributed by atoms with E-state index in [9.17, 15) is 5.11 Å². The van der Waals surface area contributed by atoms with E-state index in [-0.39, 0.29) is 6.61 Å². The maximum Gasteiger partial charge on any atom is 0.220 e. The van der Waals surface area contributed by atoms with Gasteiger partial charge in [-0.25, -0.2) is 4.98 Å². The Bertz CT molecular complexity index is 805. The summed E-state index contributed by atoms with van der Waals surface area (Å²) in [5.74, 6) is 0.937. The summed E-state index contributed by atoms with van der Waals surface area (Å²) in [7, 11) is 0. The molecule has 1 aromatic heterocycles. The first kappa shape index (κ1) is 14.1. The quantitative estimate of drug-likeness (QED) is 0.752. The van der Waals surface area contributed by atoms with Crippen molar-refractivity contribution in [2.45, 2.75) is 6.61 Å². The summed E-state index contributed by atoms with van der Waals surface area (Å²) in [5.41, 5.74) is 1.52. The predicted molar refractivity (Wildman–Crippen MR) is 84.2 cm³/mol. The molecule has 5 heteroatoms. The number of rotatable bonds is 3. The molecule has 0 unspecified atom stereocenters. The van der Waals surface area contributed by atoms with Gasteiger partial charge in [-0.1, -0.05) is 41.4 Å². The Labute approximate surface area is 131 Å². The second-order valence-electron chi connectivity index (χ2n) is 4.47. The van der Waals surface area contributed by atoms with Crippen LogP contribution in [0.1, 0.15) is 5.56 Å². The van der Waals surface area contributed by atoms with Crippen LogP contribution in [0.2, 0.25) is 10.0 Å². The Kier molecular flexibility index (Phi) is 3.97. The van der Waals surface area contributed by atoms with Gasteiger partial charge in [0.15, 0.2) is 0 Å². The van der Waals surface area contributed by atoms with Crippen molar-refractivity contribution in [1.82, 2.24) is 4.98 Å². The lowest BCUT2D eigenvalue weighted by Gasteiger charge is -2.09. The number of aliphatic hydroxyl groups is 1. The zero-order chi connectivity index (χ0) is 14.8. The normalized spacial score (nSPS) is 10.8. The van der Waals surface area contributed by atoms with Gasteiger partial charge >= 0.3 is 0 Å². The fourth-order valence-corrected chi connectivity index (χ4v) is 2.35. The molecule has 3 aromatic rings. The van der Waals surface area contributed by atoms with Crippen LogP contribution in [0.25, 0.3) is 10.9 Å². The van der Waals surface area contributed by atoms with Crippen LogP contribution in [0.15, 0.2) is 48.5 Å². The molecule has 3 nitrogen and oxygen atoms in total. The Morgan fingerprint density at radius 2 is 1.81 bits per heavy atom. The molecule has 0 radical (unpaired) electrons. The number of nitrogens with zero attached hydrogens (tertiary/aromatic N) is 1. The fraction of sp³-hybridized carbons (Fsp3) is 0.0625. The summed E-state index contributed by atoms with van der Waals surface area (Å²) in [5, 5.41) is 11.3. The molecule has 0 saturated carbocycles. The number of hydrogen-bond donors (Lipinski definition) is 1. The van der Waals surface area contributed by atoms with Crippen LogP contribution < -0.4 is 4.74 Å². The first-order chi connectivity index (χ1) is 10.2. The van der Waals surface area contributed by atoms with Crippen LogP contribution in [-0.4, -0.2) is 10.1 Å². The summed E-state index contributed by atoms with van der Waals surface area (Å²) in [6, 6.07) is 14.3. The number of para-hydroxylation sites is 1. The number of benzene rings is 2. The van der Waals surface area contributed by atoms with Crippen molar-refractivity contribution >= 4 is 34.1 Å². The number of ether oxygens (including phenoxy) is 1. The van der Waals surface area contributed by atoms with E-state index in [1.807, 2.05) is 24.3 Å². The van der Waals surface area contributed by atoms with Gasteiger partial charge in [-0.05, 0) is 23.8 Å². The molecule has 0 bridgehead atoms. The Hall–Kier alpha value is -1.81. The van der Waals surface area contributed by atoms with Crippen LogP contribution in [0, 0.1) is 0 Å². The molecular weight excluding hydrogens is 309 g/mol. The van der Waals surface area contributed by atoms with E-state index in [1.165, 1.54) is 0 Å². The molecule has 0 saturated heterocycles. The fourth-order valence-electron chi connectivity index (χ4n) is 2.06. The predicted octanol–water partition coefficient (Wildman–Crippen LogP) is 4.83. The maximum absolute atomic E-state index is 9.48. The molecule has 0 aliphatic heterocycles. The SMILES string of the molecule is OCc1cc(Oc2ccc(Cl)c(Cl)c2)nc2ccccc12. The minimum Gasteiger partial charge on any atom is -0.439 e. The van der Waals surface area contributed by atoms with Crippen molar-refractivity contribution < 1.29 is 9.84 Å². The lowest BCUT2D eigenvalue weighted by Crippen LogP contribution is -1.93. The molecule has 0 atom stereocenters. The topological polar surface area (TPSA) is 42.4 Å². The van der Waals surface area contributed by atoms with Crippen LogP contribution in [0.4, 0.5) is 0 Å². The van der Waals surface area contributed by atoms with Crippen LogP contribution in [0.3, 0.4) is 0 Å². The highest BCUT2D eigenvalue weighted by atomic mass is 35.5. The standard InChI is InChI=1S/C16H11Cl2NO2/c17-13-6-5-11(8-14(13)18)21-16-7-10(9-20)12-3-1-2-4-15(12)19-16/h1-8,20H,9H2. The van der Waals surface area contributed by atoms with E-state index in [2.05, 4.69) is 4.98 Å². The number of halogens is 2. The van der Waals surface area contributed by atoms with Gasteiger partial charge in [0.05, 0.1) is 22.2 Å². The maximum atomic E-state index is 9.48. The van der Waals surface area contributed by atoms with E-state index < -0.39 is 0 Å². The number of hydrogen-bond acceptors (Lipinski definition) is 3. The molecule has 0 spiro atoms. The summed E-state index contributed by atoms with van der Waals surface area (Å²) >= 11 is 11.8. The third kappa shape index (κ3) is 2.95. The highest BCUT2D eigenvalue weighted by Crippen LogP contribution is 2.30. The first-order valence-electron chi connectivity index (χ1n) is 6.30. The van der Waals surface area contributed by atoms with Crippen molar-refractivity contribution in [2.75, 3.05) is 0 Å². The van der Waals surface area contributed by atoms with Gasteiger partial charge in [0, 0.05) is 17.5 Å². The third-order valence-electron chi connectivity index (χ3n) is 3.06. The summed E-state index contributed by atoms with van der Waals surface area (Å²) < 4.78 is 5.70. The Morgan fingerprint density at radius 1 is 1.00 bits per heavy atom. The molecule has 0 fully saturated rings. The summed E-state index contributed by atoms with van der Waals surface area (Å²) in [4.78, 5) is 4.42. The minimum absolute atomic E-state index is 0.0826. The number of pyridine rings is 1. The van der Waals surface area contributed by atoms with Crippen LogP contribution in [-0.2, 0) is 6.61 Å². The molecule has 0 aliphatic carbocycles. The van der Waals surface area contributed by atoms with Gasteiger partial charge < -0.3 is 9.84 Å². The second-order valence-corrected chi connectivity index (χ2v) is 5.29. The monoisotopic (exact) mass is 319 g/mol. The van der Waals surface area contributed by atoms with Gasteiger partial charge in [-0.15, -0.1) is 0 Å². The van der Waals surface area contributed by atoms with Crippen LogP contribution >= 0.6 is 23.2 Å². The lowest BCUT2D eigenvalue weighted by molar-refractivity contribution is 0.282. The largest absolute Gasteiger partial charge is 0.439 e. The smallest absolute Gasteiger partial charge is 0.220 e. The summed E-state index contributed by atoms with van der Waals surface area (Å²) in [6.07, 6.45) is 0. The van der Waals surface area contributed by atoms with E-state index in [0.717, 1.165) is 16.5 Å². The zero-order valence-electron chi connectivity index (χ0n) is 10.9. The van der Waals surface area contributed by atoms with E-state index in [0.29, 0.717) is 21.7 Å². The second kappa shape index (κ2) is 5.90. The molecular formula is C16H11Cl2NO2. The lowest BCUT2D eigenvalue weighted by atomic mass is 10.1.